The van der Waals surface area contributed by atoms with Gasteiger partial charge in [0.15, 0.2) is 0 Å². The molecule has 4 rings (SSSR count). The van der Waals surface area contributed by atoms with E-state index >= 15 is 0 Å². The van der Waals surface area contributed by atoms with Crippen molar-refractivity contribution in [2.75, 3.05) is 11.9 Å². The van der Waals surface area contributed by atoms with Crippen molar-refractivity contribution in [1.29, 1.82) is 0 Å². The number of anilines is 1. The number of benzene rings is 2. The maximum absolute atomic E-state index is 13.5. The Bertz CT molecular complexity index is 1450. The summed E-state index contributed by atoms with van der Waals surface area (Å²) in [5.41, 5.74) is 6.15. The van der Waals surface area contributed by atoms with E-state index in [4.69, 9.17) is 10.5 Å². The van der Waals surface area contributed by atoms with Crippen LogP contribution in [0.5, 0.6) is 0 Å². The van der Waals surface area contributed by atoms with Gasteiger partial charge in [-0.15, -0.1) is 11.3 Å². The molecule has 1 aromatic heterocycles. The lowest BCUT2D eigenvalue weighted by Gasteiger charge is -2.27. The Kier molecular flexibility index (Phi) is 9.08. The number of rotatable bonds is 8. The molecule has 2 heterocycles. The molecule has 3 amide bonds. The zero-order valence-corrected chi connectivity index (χ0v) is 24.2. The minimum absolute atomic E-state index is 0.0324. The molecule has 13 heteroatoms. The predicted octanol–water partition coefficient (Wildman–Crippen LogP) is 4.10. The topological polar surface area (TPSA) is 165 Å². The summed E-state index contributed by atoms with van der Waals surface area (Å²) >= 11 is 1.38. The van der Waals surface area contributed by atoms with Crippen LogP contribution in [0.3, 0.4) is 0 Å². The van der Waals surface area contributed by atoms with E-state index in [1.165, 1.54) is 17.4 Å². The van der Waals surface area contributed by atoms with Crippen molar-refractivity contribution in [3.8, 4) is 10.4 Å². The first-order valence-corrected chi connectivity index (χ1v) is 15.1. The van der Waals surface area contributed by atoms with Gasteiger partial charge in [0.05, 0.1) is 15.8 Å². The molecule has 1 aliphatic rings. The van der Waals surface area contributed by atoms with Crippen LogP contribution in [-0.2, 0) is 21.3 Å². The molecule has 0 saturated carbocycles. The van der Waals surface area contributed by atoms with E-state index in [1.54, 1.807) is 39.1 Å². The van der Waals surface area contributed by atoms with Crippen LogP contribution < -0.4 is 26.4 Å². The lowest BCUT2D eigenvalue weighted by atomic mass is 10.0. The third-order valence-corrected chi connectivity index (χ3v) is 8.95. The number of hydrogen-bond acceptors (Lipinski definition) is 8. The van der Waals surface area contributed by atoms with Gasteiger partial charge >= 0.3 is 12.1 Å². The Morgan fingerprint density at radius 2 is 1.90 bits per heavy atom. The number of thiazole rings is 1. The number of hydrogen-bond donors (Lipinski definition) is 5. The maximum atomic E-state index is 13.5. The molecule has 1 aliphatic heterocycles. The molecule has 2 atom stereocenters. The first-order chi connectivity index (χ1) is 18.9. The van der Waals surface area contributed by atoms with Crippen molar-refractivity contribution in [3.05, 3.63) is 65.3 Å². The van der Waals surface area contributed by atoms with Gasteiger partial charge in [0.25, 0.3) is 0 Å². The highest BCUT2D eigenvalue weighted by Crippen LogP contribution is 2.37. The Morgan fingerprint density at radius 3 is 2.55 bits per heavy atom. The first kappa shape index (κ1) is 29.5. The van der Waals surface area contributed by atoms with Crippen molar-refractivity contribution in [3.63, 3.8) is 0 Å². The number of piperidine rings is 1. The van der Waals surface area contributed by atoms with E-state index in [0.29, 0.717) is 42.1 Å². The lowest BCUT2D eigenvalue weighted by Crippen LogP contribution is -2.40. The number of carbonyl (C=O) groups is 2. The number of sulfonamides is 1. The van der Waals surface area contributed by atoms with Gasteiger partial charge in [0, 0.05) is 36.1 Å². The van der Waals surface area contributed by atoms with Gasteiger partial charge in [-0.3, -0.25) is 0 Å². The summed E-state index contributed by atoms with van der Waals surface area (Å²) in [6.45, 7) is 6.06. The van der Waals surface area contributed by atoms with Gasteiger partial charge in [0.1, 0.15) is 11.1 Å². The standard InChI is InChI=1S/C27H34N6O5S2/c1-27(2,3)33-40(36,37)23-13-18(32-26(35)31-14-17-7-5-4-6-8-17)9-11-20(23)22-16-30-24(39-22)21-12-10-19(15-29-21)38-25(28)34/h4-9,11,13,16,19,21,29,33H,10,12,14-15H2,1-3H3,(H2,28,34)(H2,31,32,35)/t19-,21+/m1/s1. The Balaban J connectivity index is 1.56. The van der Waals surface area contributed by atoms with Gasteiger partial charge < -0.3 is 26.4 Å². The zero-order chi connectivity index (χ0) is 28.9. The lowest BCUT2D eigenvalue weighted by molar-refractivity contribution is 0.0820. The molecule has 0 unspecified atom stereocenters. The summed E-state index contributed by atoms with van der Waals surface area (Å²) in [6, 6.07) is 13.7. The van der Waals surface area contributed by atoms with Gasteiger partial charge in [-0.05, 0) is 51.3 Å². The maximum Gasteiger partial charge on any atom is 0.404 e. The molecule has 40 heavy (non-hydrogen) atoms. The largest absolute Gasteiger partial charge is 0.445 e. The van der Waals surface area contributed by atoms with Gasteiger partial charge in [0.2, 0.25) is 10.0 Å². The predicted molar refractivity (Wildman–Crippen MR) is 154 cm³/mol. The van der Waals surface area contributed by atoms with Crippen molar-refractivity contribution < 1.29 is 22.7 Å². The van der Waals surface area contributed by atoms with Crippen LogP contribution in [0.1, 0.15) is 50.2 Å². The molecule has 11 nitrogen and oxygen atoms in total. The van der Waals surface area contributed by atoms with E-state index < -0.39 is 27.7 Å². The second-order valence-corrected chi connectivity index (χ2v) is 13.2. The number of nitrogens with two attached hydrogens (primary N) is 1. The summed E-state index contributed by atoms with van der Waals surface area (Å²) < 4.78 is 34.8. The molecular formula is C27H34N6O5S2. The number of nitrogens with one attached hydrogen (secondary N) is 4. The van der Waals surface area contributed by atoms with E-state index in [1.807, 2.05) is 30.3 Å². The fraction of sp³-hybridized carbons (Fsp3) is 0.370. The molecule has 6 N–H and O–H groups in total. The molecule has 0 radical (unpaired) electrons. The molecule has 0 spiro atoms. The van der Waals surface area contributed by atoms with E-state index in [-0.39, 0.29) is 17.0 Å². The molecule has 1 saturated heterocycles. The molecule has 3 aromatic rings. The third kappa shape index (κ3) is 8.01. The average molecular weight is 587 g/mol. The summed E-state index contributed by atoms with van der Waals surface area (Å²) in [4.78, 5) is 28.8. The van der Waals surface area contributed by atoms with E-state index in [2.05, 4.69) is 25.7 Å². The number of carbonyl (C=O) groups excluding carboxylic acids is 2. The normalized spacial score (nSPS) is 17.7. The van der Waals surface area contributed by atoms with E-state index in [0.717, 1.165) is 10.6 Å². The zero-order valence-electron chi connectivity index (χ0n) is 22.6. The molecule has 0 aliphatic carbocycles. The van der Waals surface area contributed by atoms with Crippen molar-refractivity contribution >= 4 is 39.2 Å². The van der Waals surface area contributed by atoms with Crippen molar-refractivity contribution in [2.45, 2.75) is 62.7 Å². The van der Waals surface area contributed by atoms with Crippen LogP contribution in [0, 0.1) is 0 Å². The third-order valence-electron chi connectivity index (χ3n) is 6.00. The van der Waals surface area contributed by atoms with Crippen LogP contribution in [0.15, 0.2) is 59.6 Å². The van der Waals surface area contributed by atoms with Crippen LogP contribution in [0.2, 0.25) is 0 Å². The van der Waals surface area contributed by atoms with Crippen LogP contribution in [-0.4, -0.2) is 43.7 Å². The van der Waals surface area contributed by atoms with E-state index in [9.17, 15) is 18.0 Å². The number of urea groups is 1. The highest BCUT2D eigenvalue weighted by atomic mass is 32.2. The summed E-state index contributed by atoms with van der Waals surface area (Å²) in [5, 5.41) is 9.62. The van der Waals surface area contributed by atoms with Crippen LogP contribution >= 0.6 is 11.3 Å². The van der Waals surface area contributed by atoms with Crippen LogP contribution in [0.25, 0.3) is 10.4 Å². The monoisotopic (exact) mass is 586 g/mol. The minimum atomic E-state index is -3.96. The van der Waals surface area contributed by atoms with Crippen molar-refractivity contribution in [2.24, 2.45) is 5.73 Å². The molecule has 2 aromatic carbocycles. The Hall–Kier alpha value is -3.52. The average Bonchev–Trinajstić information content (AvgIpc) is 3.37. The molecular weight excluding hydrogens is 552 g/mol. The summed E-state index contributed by atoms with van der Waals surface area (Å²) in [5.74, 6) is 0. The quantitative estimate of drug-likeness (QED) is 0.265. The Labute approximate surface area is 238 Å². The molecule has 0 bridgehead atoms. The number of primary amides is 1. The molecule has 214 valence electrons. The molecule has 1 fully saturated rings. The Morgan fingerprint density at radius 1 is 1.15 bits per heavy atom. The second-order valence-electron chi connectivity index (χ2n) is 10.5. The fourth-order valence-corrected chi connectivity index (χ4v) is 7.11. The fourth-order valence-electron chi connectivity index (χ4n) is 4.32. The smallest absolute Gasteiger partial charge is 0.404 e. The highest BCUT2D eigenvalue weighted by Gasteiger charge is 2.29. The minimum Gasteiger partial charge on any atom is -0.445 e. The SMILES string of the molecule is CC(C)(C)NS(=O)(=O)c1cc(NC(=O)NCc2ccccc2)ccc1-c1cnc([C@@H]2CC[C@@H](OC(N)=O)CN2)s1. The van der Waals surface area contributed by atoms with Gasteiger partial charge in [-0.25, -0.2) is 27.7 Å². The first-order valence-electron chi connectivity index (χ1n) is 12.8. The number of ether oxygens (including phenoxy) is 1. The van der Waals surface area contributed by atoms with Gasteiger partial charge in [-0.1, -0.05) is 36.4 Å². The summed E-state index contributed by atoms with van der Waals surface area (Å²) in [7, 11) is -3.96. The number of nitrogens with zero attached hydrogens (tertiary/aromatic N) is 1. The number of amides is 3. The highest BCUT2D eigenvalue weighted by molar-refractivity contribution is 7.89. The number of aromatic nitrogens is 1. The summed E-state index contributed by atoms with van der Waals surface area (Å²) in [6.07, 6.45) is 1.88. The second kappa shape index (κ2) is 12.3. The van der Waals surface area contributed by atoms with Gasteiger partial charge in [-0.2, -0.15) is 0 Å². The van der Waals surface area contributed by atoms with Crippen molar-refractivity contribution in [1.82, 2.24) is 20.3 Å². The van der Waals surface area contributed by atoms with Crippen LogP contribution in [0.4, 0.5) is 15.3 Å².